The molecule has 1 N–H and O–H groups in total. The third-order valence-corrected chi connectivity index (χ3v) is 2.97. The van der Waals surface area contributed by atoms with Gasteiger partial charge in [-0.25, -0.2) is 0 Å². The van der Waals surface area contributed by atoms with Gasteiger partial charge in [-0.15, -0.1) is 0 Å². The minimum Gasteiger partial charge on any atom is -0.495 e. The lowest BCUT2D eigenvalue weighted by atomic mass is 10.2. The van der Waals surface area contributed by atoms with E-state index in [0.717, 1.165) is 0 Å². The summed E-state index contributed by atoms with van der Waals surface area (Å²) >= 11 is 0. The molecule has 0 spiro atoms. The van der Waals surface area contributed by atoms with Gasteiger partial charge in [0.15, 0.2) is 0 Å². The summed E-state index contributed by atoms with van der Waals surface area (Å²) in [6.45, 7) is 1.71. The average molecular weight is 299 g/mol. The van der Waals surface area contributed by atoms with Gasteiger partial charge in [0.25, 0.3) is 5.91 Å². The van der Waals surface area contributed by atoms with E-state index in [-0.39, 0.29) is 18.3 Å². The third-order valence-electron chi connectivity index (χ3n) is 2.97. The number of anilines is 1. The second-order valence-corrected chi connectivity index (χ2v) is 4.51. The quantitative estimate of drug-likeness (QED) is 0.680. The Balaban J connectivity index is 2.16. The van der Waals surface area contributed by atoms with Crippen molar-refractivity contribution in [2.75, 3.05) is 12.4 Å². The number of benzene rings is 2. The molecule has 0 saturated carbocycles. The molecule has 0 heterocycles. The molecule has 0 aromatic heterocycles. The van der Waals surface area contributed by atoms with E-state index in [2.05, 4.69) is 5.32 Å². The highest BCUT2D eigenvalue weighted by Gasteiger charge is 2.11. The van der Waals surface area contributed by atoms with Gasteiger partial charge < -0.3 is 14.8 Å². The molecule has 22 heavy (non-hydrogen) atoms. The van der Waals surface area contributed by atoms with Crippen LogP contribution in [0.15, 0.2) is 48.5 Å². The van der Waals surface area contributed by atoms with Gasteiger partial charge in [-0.3, -0.25) is 9.59 Å². The molecule has 0 aliphatic carbocycles. The number of amides is 1. The van der Waals surface area contributed by atoms with Gasteiger partial charge in [0, 0.05) is 12.0 Å². The molecule has 5 nitrogen and oxygen atoms in total. The van der Waals surface area contributed by atoms with Crippen LogP contribution in [0, 0.1) is 0 Å². The predicted octanol–water partition coefficient (Wildman–Crippen LogP) is 3.26. The van der Waals surface area contributed by atoms with E-state index in [0.29, 0.717) is 22.7 Å². The SMILES string of the molecule is CCC(=O)Oc1cccc(C(=O)Nc2ccccc2OC)c1. The number of hydrogen-bond acceptors (Lipinski definition) is 4. The number of para-hydroxylation sites is 2. The number of ether oxygens (including phenoxy) is 2. The minimum absolute atomic E-state index is 0.275. The fraction of sp³-hybridized carbons (Fsp3) is 0.176. The first kappa shape index (κ1) is 15.6. The van der Waals surface area contributed by atoms with Gasteiger partial charge in [-0.2, -0.15) is 0 Å². The number of rotatable bonds is 5. The minimum atomic E-state index is -0.345. The maximum absolute atomic E-state index is 12.3. The number of carbonyl (C=O) groups is 2. The molecule has 0 aliphatic rings. The summed E-state index contributed by atoms with van der Waals surface area (Å²) in [7, 11) is 1.54. The second-order valence-electron chi connectivity index (χ2n) is 4.51. The molecule has 114 valence electrons. The van der Waals surface area contributed by atoms with Crippen molar-refractivity contribution in [2.24, 2.45) is 0 Å². The molecule has 0 saturated heterocycles. The van der Waals surface area contributed by atoms with Crippen molar-refractivity contribution in [3.8, 4) is 11.5 Å². The molecule has 5 heteroatoms. The monoisotopic (exact) mass is 299 g/mol. The van der Waals surface area contributed by atoms with Crippen molar-refractivity contribution in [1.29, 1.82) is 0 Å². The highest BCUT2D eigenvalue weighted by Crippen LogP contribution is 2.24. The fourth-order valence-corrected chi connectivity index (χ4v) is 1.85. The van der Waals surface area contributed by atoms with Crippen LogP contribution in [0.5, 0.6) is 11.5 Å². The van der Waals surface area contributed by atoms with Crippen LogP contribution in [0.1, 0.15) is 23.7 Å². The molecule has 2 aromatic carbocycles. The van der Waals surface area contributed by atoms with Crippen LogP contribution in [0.25, 0.3) is 0 Å². The van der Waals surface area contributed by atoms with E-state index in [1.165, 1.54) is 13.2 Å². The van der Waals surface area contributed by atoms with Crippen molar-refractivity contribution in [3.05, 3.63) is 54.1 Å². The Hall–Kier alpha value is -2.82. The van der Waals surface area contributed by atoms with Gasteiger partial charge >= 0.3 is 5.97 Å². The van der Waals surface area contributed by atoms with Crippen LogP contribution in [-0.2, 0) is 4.79 Å². The van der Waals surface area contributed by atoms with Gasteiger partial charge in [0.2, 0.25) is 0 Å². The zero-order chi connectivity index (χ0) is 15.9. The molecule has 2 rings (SSSR count). The van der Waals surface area contributed by atoms with Crippen LogP contribution in [0.4, 0.5) is 5.69 Å². The summed E-state index contributed by atoms with van der Waals surface area (Å²) in [4.78, 5) is 23.6. The molecule has 0 unspecified atom stereocenters. The standard InChI is InChI=1S/C17H17NO4/c1-3-16(19)22-13-8-6-7-12(11-13)17(20)18-14-9-4-5-10-15(14)21-2/h4-11H,3H2,1-2H3,(H,18,20). The summed E-state index contributed by atoms with van der Waals surface area (Å²) in [5.74, 6) is 0.269. The molecule has 0 radical (unpaired) electrons. The van der Waals surface area contributed by atoms with E-state index in [9.17, 15) is 9.59 Å². The van der Waals surface area contributed by atoms with Crippen LogP contribution >= 0.6 is 0 Å². The molecule has 0 atom stereocenters. The lowest BCUT2D eigenvalue weighted by Crippen LogP contribution is -2.13. The van der Waals surface area contributed by atoms with E-state index in [1.54, 1.807) is 43.3 Å². The molecular weight excluding hydrogens is 282 g/mol. The number of esters is 1. The summed E-state index contributed by atoms with van der Waals surface area (Å²) < 4.78 is 10.3. The summed E-state index contributed by atoms with van der Waals surface area (Å²) in [5.41, 5.74) is 0.971. The Morgan fingerprint density at radius 3 is 2.59 bits per heavy atom. The lowest BCUT2D eigenvalue weighted by Gasteiger charge is -2.10. The zero-order valence-corrected chi connectivity index (χ0v) is 12.5. The maximum atomic E-state index is 12.3. The van der Waals surface area contributed by atoms with Crippen molar-refractivity contribution in [3.63, 3.8) is 0 Å². The van der Waals surface area contributed by atoms with Gasteiger partial charge in [0.05, 0.1) is 12.8 Å². The third kappa shape index (κ3) is 3.85. The summed E-state index contributed by atoms with van der Waals surface area (Å²) in [6.07, 6.45) is 0.275. The van der Waals surface area contributed by atoms with Gasteiger partial charge in [-0.05, 0) is 30.3 Å². The number of carbonyl (C=O) groups excluding carboxylic acids is 2. The van der Waals surface area contributed by atoms with E-state index in [1.807, 2.05) is 6.07 Å². The van der Waals surface area contributed by atoms with Crippen LogP contribution < -0.4 is 14.8 Å². The Morgan fingerprint density at radius 1 is 1.09 bits per heavy atom. The molecule has 1 amide bonds. The summed E-state index contributed by atoms with van der Waals surface area (Å²) in [5, 5.41) is 2.77. The normalized spacial score (nSPS) is 9.91. The van der Waals surface area contributed by atoms with Crippen LogP contribution in [0.2, 0.25) is 0 Å². The topological polar surface area (TPSA) is 64.6 Å². The van der Waals surface area contributed by atoms with E-state index in [4.69, 9.17) is 9.47 Å². The second kappa shape index (κ2) is 7.26. The van der Waals surface area contributed by atoms with Crippen molar-refractivity contribution in [1.82, 2.24) is 0 Å². The Morgan fingerprint density at radius 2 is 1.86 bits per heavy atom. The van der Waals surface area contributed by atoms with E-state index >= 15 is 0 Å². The van der Waals surface area contributed by atoms with Crippen LogP contribution in [-0.4, -0.2) is 19.0 Å². The molecule has 2 aromatic rings. The first-order chi connectivity index (χ1) is 10.6. The highest BCUT2D eigenvalue weighted by molar-refractivity contribution is 6.05. The van der Waals surface area contributed by atoms with Crippen molar-refractivity contribution >= 4 is 17.6 Å². The first-order valence-corrected chi connectivity index (χ1v) is 6.89. The van der Waals surface area contributed by atoms with Crippen LogP contribution in [0.3, 0.4) is 0 Å². The Kier molecular flexibility index (Phi) is 5.14. The number of nitrogens with one attached hydrogen (secondary N) is 1. The Labute approximate surface area is 128 Å². The van der Waals surface area contributed by atoms with E-state index < -0.39 is 0 Å². The smallest absolute Gasteiger partial charge is 0.310 e. The van der Waals surface area contributed by atoms with Crippen molar-refractivity contribution in [2.45, 2.75) is 13.3 Å². The van der Waals surface area contributed by atoms with Gasteiger partial charge in [0.1, 0.15) is 11.5 Å². The molecule has 0 aliphatic heterocycles. The fourth-order valence-electron chi connectivity index (χ4n) is 1.85. The molecule has 0 bridgehead atoms. The summed E-state index contributed by atoms with van der Waals surface area (Å²) in [6, 6.07) is 13.6. The average Bonchev–Trinajstić information content (AvgIpc) is 2.55. The zero-order valence-electron chi connectivity index (χ0n) is 12.5. The molecule has 0 fully saturated rings. The first-order valence-electron chi connectivity index (χ1n) is 6.89. The van der Waals surface area contributed by atoms with Gasteiger partial charge in [-0.1, -0.05) is 25.1 Å². The number of methoxy groups -OCH3 is 1. The maximum Gasteiger partial charge on any atom is 0.310 e. The predicted molar refractivity (Wildman–Crippen MR) is 83.3 cm³/mol. The van der Waals surface area contributed by atoms with Crippen molar-refractivity contribution < 1.29 is 19.1 Å². The molecular formula is C17H17NO4. The number of hydrogen-bond donors (Lipinski definition) is 1. The highest BCUT2D eigenvalue weighted by atomic mass is 16.5. The Bertz CT molecular complexity index is 682. The lowest BCUT2D eigenvalue weighted by molar-refractivity contribution is -0.134. The largest absolute Gasteiger partial charge is 0.495 e.